The molecule has 0 spiro atoms. The van der Waals surface area contributed by atoms with Crippen molar-refractivity contribution in [2.45, 2.75) is 71.1 Å². The molecule has 134 valence electrons. The Balaban J connectivity index is 3.94. The molecule has 0 amide bonds. The third-order valence-electron chi connectivity index (χ3n) is 3.51. The number of hydrogen-bond donors (Lipinski definition) is 0. The molecule has 4 heteroatoms. The fraction of sp³-hybridized carbons (Fsp3) is 0.550. The number of aldehydes is 1. The van der Waals surface area contributed by atoms with Crippen molar-refractivity contribution in [2.75, 3.05) is 0 Å². The highest BCUT2D eigenvalue weighted by atomic mass is 16.6. The molecular formula is C20H31NO3. The monoisotopic (exact) mass is 333 g/mol. The molecule has 24 heavy (non-hydrogen) atoms. The molecule has 0 unspecified atom stereocenters. The van der Waals surface area contributed by atoms with E-state index in [4.69, 9.17) is 0 Å². The second kappa shape index (κ2) is 17.4. The summed E-state index contributed by atoms with van der Waals surface area (Å²) in [4.78, 5) is 20.9. The maximum Gasteiger partial charge on any atom is 0.242 e. The number of hydrogen-bond acceptors (Lipinski definition) is 3. The quantitative estimate of drug-likeness (QED) is 0.123. The molecular weight excluding hydrogens is 302 g/mol. The summed E-state index contributed by atoms with van der Waals surface area (Å²) in [6, 6.07) is 0. The molecule has 0 aliphatic heterocycles. The van der Waals surface area contributed by atoms with Crippen LogP contribution in [0.4, 0.5) is 0 Å². The lowest BCUT2D eigenvalue weighted by atomic mass is 10.1. The Labute approximate surface area is 146 Å². The molecule has 0 atom stereocenters. The molecule has 0 aliphatic rings. The predicted molar refractivity (Wildman–Crippen MR) is 100 cm³/mol. The molecule has 0 radical (unpaired) electrons. The van der Waals surface area contributed by atoms with Crippen LogP contribution >= 0.6 is 0 Å². The van der Waals surface area contributed by atoms with Gasteiger partial charge in [-0.2, -0.15) is 0 Å². The summed E-state index contributed by atoms with van der Waals surface area (Å²) in [5, 5.41) is 11.0. The summed E-state index contributed by atoms with van der Waals surface area (Å²) in [5.74, 6) is 0. The van der Waals surface area contributed by atoms with Crippen molar-refractivity contribution < 1.29 is 9.72 Å². The van der Waals surface area contributed by atoms with Gasteiger partial charge in [0.1, 0.15) is 6.29 Å². The molecule has 0 bridgehead atoms. The molecule has 0 fully saturated rings. The molecule has 0 N–H and O–H groups in total. The van der Waals surface area contributed by atoms with Crippen LogP contribution in [0.5, 0.6) is 0 Å². The normalized spacial score (nSPS) is 12.6. The van der Waals surface area contributed by atoms with E-state index in [-0.39, 0.29) is 4.92 Å². The predicted octanol–water partition coefficient (Wildman–Crippen LogP) is 5.94. The van der Waals surface area contributed by atoms with Crippen molar-refractivity contribution in [2.24, 2.45) is 0 Å². The third-order valence-corrected chi connectivity index (χ3v) is 3.51. The SMILES string of the molecule is CC/C=C\C/C=C\C/C=C\C/C=C(\CCCCCCC=O)[N+](=O)[O-]. The summed E-state index contributed by atoms with van der Waals surface area (Å²) >= 11 is 0. The van der Waals surface area contributed by atoms with Gasteiger partial charge in [0.25, 0.3) is 0 Å². The number of nitrogens with zero attached hydrogens (tertiary/aromatic N) is 1. The topological polar surface area (TPSA) is 60.2 Å². The number of unbranched alkanes of at least 4 members (excludes halogenated alkanes) is 4. The van der Waals surface area contributed by atoms with Crippen LogP contribution in [-0.4, -0.2) is 11.2 Å². The first-order valence-corrected chi connectivity index (χ1v) is 8.94. The van der Waals surface area contributed by atoms with Crippen molar-refractivity contribution in [3.63, 3.8) is 0 Å². The van der Waals surface area contributed by atoms with Crippen LogP contribution < -0.4 is 0 Å². The Bertz CT molecular complexity index is 448. The van der Waals surface area contributed by atoms with E-state index in [1.807, 2.05) is 12.2 Å². The van der Waals surface area contributed by atoms with Crippen LogP contribution in [0, 0.1) is 10.1 Å². The molecule has 0 saturated heterocycles. The lowest BCUT2D eigenvalue weighted by Crippen LogP contribution is -1.98. The first-order valence-electron chi connectivity index (χ1n) is 8.94. The highest BCUT2D eigenvalue weighted by Gasteiger charge is 2.08. The Kier molecular flexibility index (Phi) is 16.0. The van der Waals surface area contributed by atoms with E-state index in [1.54, 1.807) is 6.08 Å². The zero-order valence-corrected chi connectivity index (χ0v) is 14.9. The van der Waals surface area contributed by atoms with Crippen LogP contribution in [0.2, 0.25) is 0 Å². The molecule has 0 rings (SSSR count). The average molecular weight is 333 g/mol. The minimum absolute atomic E-state index is 0.279. The molecule has 0 aromatic carbocycles. The summed E-state index contributed by atoms with van der Waals surface area (Å²) in [6.45, 7) is 2.11. The zero-order valence-electron chi connectivity index (χ0n) is 14.9. The maximum absolute atomic E-state index is 11.0. The van der Waals surface area contributed by atoms with Gasteiger partial charge in [-0.25, -0.2) is 0 Å². The first kappa shape index (κ1) is 22.0. The molecule has 0 aliphatic carbocycles. The van der Waals surface area contributed by atoms with E-state index in [2.05, 4.69) is 31.2 Å². The van der Waals surface area contributed by atoms with Gasteiger partial charge in [0, 0.05) is 12.8 Å². The molecule has 0 aromatic rings. The zero-order chi connectivity index (χ0) is 17.9. The average Bonchev–Trinajstić information content (AvgIpc) is 2.57. The Morgan fingerprint density at radius 1 is 0.875 bits per heavy atom. The van der Waals surface area contributed by atoms with E-state index < -0.39 is 0 Å². The van der Waals surface area contributed by atoms with E-state index in [9.17, 15) is 14.9 Å². The van der Waals surface area contributed by atoms with Gasteiger partial charge < -0.3 is 4.79 Å². The van der Waals surface area contributed by atoms with Crippen molar-refractivity contribution in [1.82, 2.24) is 0 Å². The third kappa shape index (κ3) is 14.9. The minimum atomic E-state index is -0.279. The van der Waals surface area contributed by atoms with E-state index in [1.165, 1.54) is 0 Å². The van der Waals surface area contributed by atoms with E-state index >= 15 is 0 Å². The summed E-state index contributed by atoms with van der Waals surface area (Å²) in [6.07, 6.45) is 23.3. The molecule has 0 aromatic heterocycles. The van der Waals surface area contributed by atoms with Crippen LogP contribution in [0.25, 0.3) is 0 Å². The maximum atomic E-state index is 11.0. The van der Waals surface area contributed by atoms with Crippen molar-refractivity contribution in [1.29, 1.82) is 0 Å². The van der Waals surface area contributed by atoms with Gasteiger partial charge in [0.2, 0.25) is 5.70 Å². The highest BCUT2D eigenvalue weighted by molar-refractivity contribution is 5.48. The second-order valence-corrected chi connectivity index (χ2v) is 5.60. The van der Waals surface area contributed by atoms with Gasteiger partial charge in [-0.05, 0) is 44.6 Å². The smallest absolute Gasteiger partial charge is 0.242 e. The highest BCUT2D eigenvalue weighted by Crippen LogP contribution is 2.12. The Morgan fingerprint density at radius 3 is 2.04 bits per heavy atom. The van der Waals surface area contributed by atoms with Gasteiger partial charge >= 0.3 is 0 Å². The molecule has 4 nitrogen and oxygen atoms in total. The van der Waals surface area contributed by atoms with Gasteiger partial charge in [0.15, 0.2) is 0 Å². The van der Waals surface area contributed by atoms with E-state index in [0.29, 0.717) is 25.0 Å². The van der Waals surface area contributed by atoms with Crippen LogP contribution in [-0.2, 0) is 4.79 Å². The minimum Gasteiger partial charge on any atom is -0.303 e. The van der Waals surface area contributed by atoms with E-state index in [0.717, 1.165) is 51.2 Å². The number of allylic oxidation sites excluding steroid dienone is 8. The number of carbonyl (C=O) groups excluding carboxylic acids is 1. The summed E-state index contributed by atoms with van der Waals surface area (Å²) < 4.78 is 0. The Hall–Kier alpha value is -1.97. The standard InChI is InChI=1S/C20H31NO3/c1-2-3-4-5-6-7-8-9-11-14-17-20(21(23)24)18-15-12-10-13-16-19-22/h3-4,6-7,9,11,17,19H,2,5,8,10,12-16,18H2,1H3/b4-3-,7-6-,11-9-,20-17+. The van der Waals surface area contributed by atoms with Gasteiger partial charge in [-0.15, -0.1) is 0 Å². The van der Waals surface area contributed by atoms with Crippen LogP contribution in [0.1, 0.15) is 71.1 Å². The van der Waals surface area contributed by atoms with Gasteiger partial charge in [-0.3, -0.25) is 10.1 Å². The number of rotatable bonds is 15. The van der Waals surface area contributed by atoms with Crippen molar-refractivity contribution >= 4 is 6.29 Å². The largest absolute Gasteiger partial charge is 0.303 e. The second-order valence-electron chi connectivity index (χ2n) is 5.60. The fourth-order valence-corrected chi connectivity index (χ4v) is 2.16. The first-order chi connectivity index (χ1) is 11.7. The van der Waals surface area contributed by atoms with Crippen LogP contribution in [0.15, 0.2) is 48.2 Å². The summed E-state index contributed by atoms with van der Waals surface area (Å²) in [5.41, 5.74) is 0.301. The van der Waals surface area contributed by atoms with Crippen molar-refractivity contribution in [3.8, 4) is 0 Å². The lowest BCUT2D eigenvalue weighted by Gasteiger charge is -1.99. The summed E-state index contributed by atoms with van der Waals surface area (Å²) in [7, 11) is 0. The van der Waals surface area contributed by atoms with Gasteiger partial charge in [-0.1, -0.05) is 56.2 Å². The van der Waals surface area contributed by atoms with Crippen molar-refractivity contribution in [3.05, 3.63) is 58.3 Å². The fourth-order valence-electron chi connectivity index (χ4n) is 2.16. The van der Waals surface area contributed by atoms with Gasteiger partial charge in [0.05, 0.1) is 4.92 Å². The molecule has 0 saturated carbocycles. The molecule has 0 heterocycles. The number of carbonyl (C=O) groups is 1. The Morgan fingerprint density at radius 2 is 1.46 bits per heavy atom. The number of nitro groups is 1. The lowest BCUT2D eigenvalue weighted by molar-refractivity contribution is -0.428. The van der Waals surface area contributed by atoms with Crippen LogP contribution in [0.3, 0.4) is 0 Å².